The van der Waals surface area contributed by atoms with Crippen molar-refractivity contribution in [2.45, 2.75) is 26.3 Å². The van der Waals surface area contributed by atoms with E-state index in [1.807, 2.05) is 31.2 Å². The van der Waals surface area contributed by atoms with Crippen LogP contribution in [0.5, 0.6) is 0 Å². The number of thiazole rings is 1. The first-order valence-corrected chi connectivity index (χ1v) is 12.1. The average molecular weight is 505 g/mol. The van der Waals surface area contributed by atoms with E-state index < -0.39 is 29.2 Å². The summed E-state index contributed by atoms with van der Waals surface area (Å²) < 4.78 is 25.0. The molecule has 0 bridgehead atoms. The first-order valence-electron chi connectivity index (χ1n) is 11.3. The van der Waals surface area contributed by atoms with Gasteiger partial charge in [0.1, 0.15) is 22.9 Å². The molecule has 182 valence electrons. The van der Waals surface area contributed by atoms with Crippen LogP contribution in [-0.2, 0) is 11.2 Å². The molecule has 0 fully saturated rings. The highest BCUT2D eigenvalue weighted by Crippen LogP contribution is 2.43. The maximum Gasteiger partial charge on any atom is 0.350 e. The van der Waals surface area contributed by atoms with Crippen LogP contribution < -0.4 is 10.3 Å². The number of hydrogen-bond donors (Lipinski definition) is 0. The van der Waals surface area contributed by atoms with E-state index in [-0.39, 0.29) is 38.9 Å². The van der Waals surface area contributed by atoms with E-state index in [2.05, 4.69) is 11.6 Å². The fourth-order valence-electron chi connectivity index (χ4n) is 4.27. The average Bonchev–Trinajstić information content (AvgIpc) is 3.40. The number of halogens is 1. The largest absolute Gasteiger partial charge is 0.457 e. The van der Waals surface area contributed by atoms with Gasteiger partial charge in [-0.3, -0.25) is 14.5 Å². The van der Waals surface area contributed by atoms with Gasteiger partial charge in [0.05, 0.1) is 22.7 Å². The fourth-order valence-corrected chi connectivity index (χ4v) is 5.26. The summed E-state index contributed by atoms with van der Waals surface area (Å²) in [7, 11) is 0. The third-order valence-electron chi connectivity index (χ3n) is 6.04. The molecule has 4 aromatic rings. The predicted molar refractivity (Wildman–Crippen MR) is 134 cm³/mol. The van der Waals surface area contributed by atoms with Crippen LogP contribution in [0.2, 0.25) is 0 Å². The zero-order chi connectivity index (χ0) is 25.6. The zero-order valence-electron chi connectivity index (χ0n) is 19.5. The molecule has 0 aliphatic carbocycles. The highest BCUT2D eigenvalue weighted by Gasteiger charge is 2.45. The molecule has 1 amide bonds. The van der Waals surface area contributed by atoms with E-state index in [9.17, 15) is 18.8 Å². The minimum atomic E-state index is -0.870. The van der Waals surface area contributed by atoms with Gasteiger partial charge in [-0.25, -0.2) is 14.2 Å². The van der Waals surface area contributed by atoms with Crippen LogP contribution in [0, 0.1) is 12.7 Å². The summed E-state index contributed by atoms with van der Waals surface area (Å²) in [4.78, 5) is 45.9. The van der Waals surface area contributed by atoms with E-state index in [0.29, 0.717) is 11.3 Å². The molecular weight excluding hydrogens is 483 g/mol. The first kappa shape index (κ1) is 23.6. The molecule has 36 heavy (non-hydrogen) atoms. The molecule has 1 atom stereocenters. The summed E-state index contributed by atoms with van der Waals surface area (Å²) >= 11 is 0.990. The SMILES string of the molecule is C=CCOC(=O)c1sc(N2C(=O)c3oc4ccc(F)cc4c(=O)c3C2c2ccc(CC)cc2)nc1C. The monoisotopic (exact) mass is 504 g/mol. The van der Waals surface area contributed by atoms with E-state index in [4.69, 9.17) is 9.15 Å². The second-order valence-corrected chi connectivity index (χ2v) is 9.26. The lowest BCUT2D eigenvalue weighted by Crippen LogP contribution is -2.29. The molecule has 2 aromatic heterocycles. The first-order chi connectivity index (χ1) is 17.3. The number of nitrogens with zero attached hydrogens (tertiary/aromatic N) is 2. The Kier molecular flexibility index (Phi) is 6.01. The maximum absolute atomic E-state index is 14.0. The Morgan fingerprint density at radius 1 is 1.25 bits per heavy atom. The quantitative estimate of drug-likeness (QED) is 0.260. The van der Waals surface area contributed by atoms with E-state index in [0.717, 1.165) is 29.4 Å². The van der Waals surface area contributed by atoms with Gasteiger partial charge in [0.25, 0.3) is 5.91 Å². The van der Waals surface area contributed by atoms with Crippen molar-refractivity contribution < 1.29 is 23.1 Å². The predicted octanol–water partition coefficient (Wildman–Crippen LogP) is 5.35. The third-order valence-corrected chi connectivity index (χ3v) is 7.18. The van der Waals surface area contributed by atoms with Crippen LogP contribution >= 0.6 is 11.3 Å². The van der Waals surface area contributed by atoms with Crippen LogP contribution in [0.15, 0.2) is 64.3 Å². The number of aromatic nitrogens is 1. The van der Waals surface area contributed by atoms with Gasteiger partial charge in [-0.05, 0) is 42.7 Å². The lowest BCUT2D eigenvalue weighted by atomic mass is 9.97. The number of ether oxygens (including phenoxy) is 1. The number of anilines is 1. The zero-order valence-corrected chi connectivity index (χ0v) is 20.4. The summed E-state index contributed by atoms with van der Waals surface area (Å²) in [6, 6.07) is 10.3. The second-order valence-electron chi connectivity index (χ2n) is 8.29. The molecule has 1 aliphatic rings. The molecule has 0 saturated heterocycles. The molecule has 0 radical (unpaired) electrons. The van der Waals surface area contributed by atoms with Gasteiger partial charge in [-0.15, -0.1) is 0 Å². The van der Waals surface area contributed by atoms with Gasteiger partial charge in [-0.1, -0.05) is 55.2 Å². The Morgan fingerprint density at radius 3 is 2.69 bits per heavy atom. The second kappa shape index (κ2) is 9.16. The minimum Gasteiger partial charge on any atom is -0.457 e. The van der Waals surface area contributed by atoms with Gasteiger partial charge < -0.3 is 9.15 Å². The van der Waals surface area contributed by atoms with Crippen LogP contribution in [-0.4, -0.2) is 23.5 Å². The highest BCUT2D eigenvalue weighted by molar-refractivity contribution is 7.17. The Labute approximate surface area is 209 Å². The lowest BCUT2D eigenvalue weighted by molar-refractivity contribution is 0.0554. The lowest BCUT2D eigenvalue weighted by Gasteiger charge is -2.22. The van der Waals surface area contributed by atoms with Crippen LogP contribution in [0.1, 0.15) is 55.6 Å². The van der Waals surface area contributed by atoms with Crippen molar-refractivity contribution in [2.24, 2.45) is 0 Å². The minimum absolute atomic E-state index is 0.0353. The smallest absolute Gasteiger partial charge is 0.350 e. The summed E-state index contributed by atoms with van der Waals surface area (Å²) in [5, 5.41) is 0.260. The third kappa shape index (κ3) is 3.81. The molecule has 3 heterocycles. The molecule has 2 aromatic carbocycles. The molecule has 7 nitrogen and oxygen atoms in total. The van der Waals surface area contributed by atoms with E-state index >= 15 is 0 Å². The number of aryl methyl sites for hydroxylation is 2. The van der Waals surface area contributed by atoms with E-state index in [1.54, 1.807) is 6.92 Å². The number of carbonyl (C=O) groups is 2. The molecule has 5 rings (SSSR count). The number of esters is 1. The Balaban J connectivity index is 1.71. The number of hydrogen-bond acceptors (Lipinski definition) is 7. The van der Waals surface area contributed by atoms with Crippen molar-refractivity contribution in [2.75, 3.05) is 11.5 Å². The van der Waals surface area contributed by atoms with Crippen LogP contribution in [0.4, 0.5) is 9.52 Å². The summed E-state index contributed by atoms with van der Waals surface area (Å²) in [5.41, 5.74) is 1.85. The van der Waals surface area contributed by atoms with Gasteiger partial charge in [0.15, 0.2) is 10.6 Å². The normalized spacial score (nSPS) is 14.8. The Morgan fingerprint density at radius 2 is 2.00 bits per heavy atom. The number of fused-ring (bicyclic) bond motifs is 2. The maximum atomic E-state index is 14.0. The van der Waals surface area contributed by atoms with Crippen molar-refractivity contribution in [3.05, 3.63) is 104 Å². The van der Waals surface area contributed by atoms with Gasteiger partial charge in [-0.2, -0.15) is 0 Å². The summed E-state index contributed by atoms with van der Waals surface area (Å²) in [5.74, 6) is -1.87. The molecular formula is C27H21FN2O5S. The molecule has 0 N–H and O–H groups in total. The standard InChI is InChI=1S/C27H21FN2O5S/c1-4-12-34-26(33)24-14(3)29-27(36-24)30-21(16-8-6-15(5-2)7-9-16)20-22(31)18-13-17(28)10-11-19(18)35-23(20)25(30)32/h4,6-11,13,21H,1,5,12H2,2-3H3. The molecule has 1 aliphatic heterocycles. The topological polar surface area (TPSA) is 89.7 Å². The van der Waals surface area contributed by atoms with Crippen LogP contribution in [0.25, 0.3) is 11.0 Å². The fraction of sp³-hybridized carbons (Fsp3) is 0.185. The van der Waals surface area contributed by atoms with E-state index in [1.165, 1.54) is 23.1 Å². The molecule has 0 spiro atoms. The Hall–Kier alpha value is -4.11. The van der Waals surface area contributed by atoms with Crippen molar-refractivity contribution in [3.63, 3.8) is 0 Å². The van der Waals surface area contributed by atoms with Gasteiger partial charge in [0, 0.05) is 0 Å². The Bertz CT molecular complexity index is 1590. The summed E-state index contributed by atoms with van der Waals surface area (Å²) in [6.07, 6.45) is 2.27. The van der Waals surface area contributed by atoms with Crippen LogP contribution in [0.3, 0.4) is 0 Å². The number of amides is 1. The number of rotatable bonds is 6. The van der Waals surface area contributed by atoms with Gasteiger partial charge in [0.2, 0.25) is 5.76 Å². The molecule has 9 heteroatoms. The van der Waals surface area contributed by atoms with Gasteiger partial charge >= 0.3 is 5.97 Å². The number of benzene rings is 2. The van der Waals surface area contributed by atoms with Crippen molar-refractivity contribution >= 4 is 39.3 Å². The van der Waals surface area contributed by atoms with Crippen molar-refractivity contribution in [1.82, 2.24) is 4.98 Å². The number of carbonyl (C=O) groups excluding carboxylic acids is 2. The summed E-state index contributed by atoms with van der Waals surface area (Å²) in [6.45, 7) is 7.24. The van der Waals surface area contributed by atoms with Crippen molar-refractivity contribution in [3.8, 4) is 0 Å². The van der Waals surface area contributed by atoms with Crippen molar-refractivity contribution in [1.29, 1.82) is 0 Å². The molecule has 1 unspecified atom stereocenters. The highest BCUT2D eigenvalue weighted by atomic mass is 32.1. The molecule has 0 saturated carbocycles.